The molecule has 4 nitrogen and oxygen atoms in total. The molecule has 3 rings (SSSR count). The predicted molar refractivity (Wildman–Crippen MR) is 87.2 cm³/mol. The SMILES string of the molecule is CC(C)N(Cc1c[nH]c2ncccc12)CC1CCCNC1. The van der Waals surface area contributed by atoms with Crippen LogP contribution < -0.4 is 5.32 Å². The van der Waals surface area contributed by atoms with E-state index < -0.39 is 0 Å². The van der Waals surface area contributed by atoms with Crippen molar-refractivity contribution in [3.8, 4) is 0 Å². The van der Waals surface area contributed by atoms with Crippen LogP contribution in [-0.4, -0.2) is 40.5 Å². The highest BCUT2D eigenvalue weighted by Crippen LogP contribution is 2.21. The number of nitrogens with one attached hydrogen (secondary N) is 2. The Hall–Kier alpha value is -1.39. The molecule has 114 valence electrons. The zero-order valence-corrected chi connectivity index (χ0v) is 13.1. The number of piperidine rings is 1. The summed E-state index contributed by atoms with van der Waals surface area (Å²) in [5.41, 5.74) is 2.35. The molecule has 0 radical (unpaired) electrons. The lowest BCUT2D eigenvalue weighted by atomic mass is 9.98. The summed E-state index contributed by atoms with van der Waals surface area (Å²) in [5.74, 6) is 0.782. The average Bonchev–Trinajstić information content (AvgIpc) is 2.91. The molecule has 0 amide bonds. The van der Waals surface area contributed by atoms with Gasteiger partial charge in [-0.05, 0) is 63.4 Å². The van der Waals surface area contributed by atoms with Crippen molar-refractivity contribution in [2.75, 3.05) is 19.6 Å². The number of nitrogens with zero attached hydrogens (tertiary/aromatic N) is 2. The summed E-state index contributed by atoms with van der Waals surface area (Å²) in [6.07, 6.45) is 6.63. The molecule has 0 aliphatic carbocycles. The molecule has 0 bridgehead atoms. The molecule has 4 heteroatoms. The Morgan fingerprint density at radius 1 is 1.43 bits per heavy atom. The lowest BCUT2D eigenvalue weighted by Crippen LogP contribution is -2.40. The molecule has 21 heavy (non-hydrogen) atoms. The quantitative estimate of drug-likeness (QED) is 0.888. The highest BCUT2D eigenvalue weighted by Gasteiger charge is 2.20. The highest BCUT2D eigenvalue weighted by atomic mass is 15.2. The molecule has 2 aromatic rings. The van der Waals surface area contributed by atoms with Gasteiger partial charge in [-0.25, -0.2) is 4.98 Å². The minimum atomic E-state index is 0.563. The largest absolute Gasteiger partial charge is 0.346 e. The van der Waals surface area contributed by atoms with Crippen molar-refractivity contribution in [1.82, 2.24) is 20.2 Å². The fourth-order valence-electron chi connectivity index (χ4n) is 3.23. The maximum atomic E-state index is 4.39. The molecule has 0 spiro atoms. The standard InChI is InChI=1S/C17H26N4/c1-13(2)21(11-14-5-3-7-18-9-14)12-15-10-20-17-16(15)6-4-8-19-17/h4,6,8,10,13-14,18H,3,5,7,9,11-12H2,1-2H3,(H,19,20). The Kier molecular flexibility index (Phi) is 4.56. The van der Waals surface area contributed by atoms with Gasteiger partial charge in [0.05, 0.1) is 0 Å². The summed E-state index contributed by atoms with van der Waals surface area (Å²) in [7, 11) is 0. The summed E-state index contributed by atoms with van der Waals surface area (Å²) in [4.78, 5) is 10.3. The normalized spacial score (nSPS) is 19.7. The van der Waals surface area contributed by atoms with Gasteiger partial charge >= 0.3 is 0 Å². The molecule has 1 fully saturated rings. The third kappa shape index (κ3) is 3.44. The molecular formula is C17H26N4. The minimum Gasteiger partial charge on any atom is -0.346 e. The summed E-state index contributed by atoms with van der Waals surface area (Å²) in [5, 5.41) is 4.78. The molecule has 1 aliphatic heterocycles. The molecular weight excluding hydrogens is 260 g/mol. The third-order valence-corrected chi connectivity index (χ3v) is 4.53. The van der Waals surface area contributed by atoms with E-state index in [1.165, 1.54) is 43.4 Å². The summed E-state index contributed by atoms with van der Waals surface area (Å²) >= 11 is 0. The van der Waals surface area contributed by atoms with Crippen molar-refractivity contribution in [2.24, 2.45) is 5.92 Å². The predicted octanol–water partition coefficient (Wildman–Crippen LogP) is 2.77. The van der Waals surface area contributed by atoms with E-state index >= 15 is 0 Å². The van der Waals surface area contributed by atoms with Crippen molar-refractivity contribution in [3.63, 3.8) is 0 Å². The van der Waals surface area contributed by atoms with Crippen LogP contribution in [0.1, 0.15) is 32.3 Å². The molecule has 1 atom stereocenters. The van der Waals surface area contributed by atoms with Gasteiger partial charge < -0.3 is 10.3 Å². The molecule has 1 saturated heterocycles. The Labute approximate surface area is 126 Å². The van der Waals surface area contributed by atoms with Crippen molar-refractivity contribution < 1.29 is 0 Å². The Bertz CT molecular complexity index is 569. The van der Waals surface area contributed by atoms with E-state index in [2.05, 4.69) is 46.3 Å². The lowest BCUT2D eigenvalue weighted by molar-refractivity contribution is 0.164. The smallest absolute Gasteiger partial charge is 0.137 e. The summed E-state index contributed by atoms with van der Waals surface area (Å²) in [6.45, 7) is 9.12. The van der Waals surface area contributed by atoms with Crippen molar-refractivity contribution in [2.45, 2.75) is 39.3 Å². The number of hydrogen-bond acceptors (Lipinski definition) is 3. The lowest BCUT2D eigenvalue weighted by Gasteiger charge is -2.32. The van der Waals surface area contributed by atoms with Gasteiger partial charge in [0.25, 0.3) is 0 Å². The van der Waals surface area contributed by atoms with Crippen LogP contribution in [0.3, 0.4) is 0 Å². The second kappa shape index (κ2) is 6.58. The number of fused-ring (bicyclic) bond motifs is 1. The van der Waals surface area contributed by atoms with E-state index in [4.69, 9.17) is 0 Å². The number of pyridine rings is 1. The first-order chi connectivity index (χ1) is 10.2. The fourth-order valence-corrected chi connectivity index (χ4v) is 3.23. The molecule has 1 aliphatic rings. The number of aromatic nitrogens is 2. The van der Waals surface area contributed by atoms with Crippen LogP contribution >= 0.6 is 0 Å². The molecule has 0 aromatic carbocycles. The van der Waals surface area contributed by atoms with Gasteiger partial charge in [0.1, 0.15) is 5.65 Å². The second-order valence-electron chi connectivity index (χ2n) is 6.45. The maximum Gasteiger partial charge on any atom is 0.137 e. The van der Waals surface area contributed by atoms with E-state index in [0.29, 0.717) is 6.04 Å². The second-order valence-corrected chi connectivity index (χ2v) is 6.45. The minimum absolute atomic E-state index is 0.563. The Balaban J connectivity index is 1.72. The highest BCUT2D eigenvalue weighted by molar-refractivity contribution is 5.79. The average molecular weight is 286 g/mol. The molecule has 0 saturated carbocycles. The van der Waals surface area contributed by atoms with Crippen LogP contribution in [0, 0.1) is 5.92 Å². The Morgan fingerprint density at radius 2 is 2.33 bits per heavy atom. The van der Waals surface area contributed by atoms with Gasteiger partial charge in [-0.2, -0.15) is 0 Å². The van der Waals surface area contributed by atoms with Crippen LogP contribution in [0.4, 0.5) is 0 Å². The number of rotatable bonds is 5. The van der Waals surface area contributed by atoms with Gasteiger partial charge in [0.2, 0.25) is 0 Å². The van der Waals surface area contributed by atoms with Crippen LogP contribution in [0.25, 0.3) is 11.0 Å². The van der Waals surface area contributed by atoms with Crippen molar-refractivity contribution in [1.29, 1.82) is 0 Å². The van der Waals surface area contributed by atoms with Gasteiger partial charge in [-0.15, -0.1) is 0 Å². The first-order valence-electron chi connectivity index (χ1n) is 8.10. The van der Waals surface area contributed by atoms with Crippen molar-refractivity contribution >= 4 is 11.0 Å². The third-order valence-electron chi connectivity index (χ3n) is 4.53. The summed E-state index contributed by atoms with van der Waals surface area (Å²) in [6, 6.07) is 4.74. The van der Waals surface area contributed by atoms with Crippen molar-refractivity contribution in [3.05, 3.63) is 30.1 Å². The number of H-pyrrole nitrogens is 1. The molecule has 1 unspecified atom stereocenters. The monoisotopic (exact) mass is 286 g/mol. The molecule has 2 N–H and O–H groups in total. The topological polar surface area (TPSA) is 44.0 Å². The van der Waals surface area contributed by atoms with E-state index in [1.54, 1.807) is 0 Å². The van der Waals surface area contributed by atoms with E-state index in [9.17, 15) is 0 Å². The first kappa shape index (κ1) is 14.5. The molecule has 3 heterocycles. The fraction of sp³-hybridized carbons (Fsp3) is 0.588. The van der Waals surface area contributed by atoms with Crippen LogP contribution in [0.2, 0.25) is 0 Å². The molecule has 2 aromatic heterocycles. The van der Waals surface area contributed by atoms with Crippen LogP contribution in [-0.2, 0) is 6.54 Å². The Morgan fingerprint density at radius 3 is 3.10 bits per heavy atom. The first-order valence-corrected chi connectivity index (χ1v) is 8.10. The van der Waals surface area contributed by atoms with E-state index in [0.717, 1.165) is 18.1 Å². The zero-order chi connectivity index (χ0) is 14.7. The van der Waals surface area contributed by atoms with Crippen LogP contribution in [0.5, 0.6) is 0 Å². The van der Waals surface area contributed by atoms with Gasteiger partial charge in [0, 0.05) is 36.9 Å². The summed E-state index contributed by atoms with van der Waals surface area (Å²) < 4.78 is 0. The van der Waals surface area contributed by atoms with Gasteiger partial charge in [0.15, 0.2) is 0 Å². The van der Waals surface area contributed by atoms with Gasteiger partial charge in [-0.3, -0.25) is 4.90 Å². The van der Waals surface area contributed by atoms with E-state index in [1.807, 2.05) is 12.3 Å². The zero-order valence-electron chi connectivity index (χ0n) is 13.1. The van der Waals surface area contributed by atoms with Crippen LogP contribution in [0.15, 0.2) is 24.5 Å². The number of aromatic amines is 1. The van der Waals surface area contributed by atoms with E-state index in [-0.39, 0.29) is 0 Å². The van der Waals surface area contributed by atoms with Gasteiger partial charge in [-0.1, -0.05) is 0 Å². The number of hydrogen-bond donors (Lipinski definition) is 2. The maximum absolute atomic E-state index is 4.39.